The second-order valence-electron chi connectivity index (χ2n) is 15.3. The van der Waals surface area contributed by atoms with Crippen molar-refractivity contribution in [2.45, 2.75) is 15.2 Å². The third-order valence-corrected chi connectivity index (χ3v) is 13.2. The fourth-order valence-corrected chi connectivity index (χ4v) is 10.7. The Labute approximate surface area is 352 Å². The second kappa shape index (κ2) is 13.8. The van der Waals surface area contributed by atoms with Gasteiger partial charge in [-0.1, -0.05) is 188 Å². The fraction of sp³-hybridized carbons (Fsp3) is 0.0182. The Morgan fingerprint density at radius 3 is 1.58 bits per heavy atom. The van der Waals surface area contributed by atoms with E-state index in [0.717, 1.165) is 55.4 Å². The first-order valence-electron chi connectivity index (χ1n) is 20.2. The lowest BCUT2D eigenvalue weighted by molar-refractivity contribution is 0.722. The van der Waals surface area contributed by atoms with Crippen LogP contribution in [0.4, 0.5) is 0 Å². The molecule has 2 aromatic heterocycles. The minimum absolute atomic E-state index is 0.602. The van der Waals surface area contributed by atoms with E-state index in [4.69, 9.17) is 19.9 Å². The van der Waals surface area contributed by atoms with Crippen LogP contribution in [0, 0.1) is 0 Å². The summed E-state index contributed by atoms with van der Waals surface area (Å²) < 4.78 is 0. The van der Waals surface area contributed by atoms with Gasteiger partial charge in [-0.25, -0.2) is 15.0 Å². The van der Waals surface area contributed by atoms with Gasteiger partial charge in [0, 0.05) is 43.6 Å². The normalized spacial score (nSPS) is 13.1. The van der Waals surface area contributed by atoms with Crippen molar-refractivity contribution >= 4 is 22.7 Å². The van der Waals surface area contributed by atoms with E-state index in [2.05, 4.69) is 170 Å². The van der Waals surface area contributed by atoms with Crippen LogP contribution in [0.25, 0.3) is 78.4 Å². The van der Waals surface area contributed by atoms with Crippen LogP contribution in [0.15, 0.2) is 216 Å². The second-order valence-corrected chi connectivity index (χ2v) is 16.4. The number of nitrogens with zero attached hydrogens (tertiary/aromatic N) is 4. The minimum Gasteiger partial charge on any atom is -0.256 e. The standard InChI is InChI=1S/C55H34N4S/c1-3-16-35(17-4-1)38-21-11-22-39(34-38)53-57-52(37-18-5-2-6-19-37)58-54(59-53)42-26-14-30-46-50(42)49-40(41-25-12-20-36-23-15-33-56-51(36)41)24-13-29-45(49)55(46)43-27-7-9-31-47(43)60-48-32-10-8-28-44(48)55/h1-34H. The van der Waals surface area contributed by atoms with Crippen LogP contribution in [0.2, 0.25) is 0 Å². The molecule has 0 fully saturated rings. The average molecular weight is 783 g/mol. The van der Waals surface area contributed by atoms with Gasteiger partial charge in [-0.2, -0.15) is 0 Å². The Morgan fingerprint density at radius 2 is 0.850 bits per heavy atom. The topological polar surface area (TPSA) is 51.6 Å². The van der Waals surface area contributed by atoms with Crippen molar-refractivity contribution in [2.24, 2.45) is 0 Å². The number of rotatable bonds is 5. The van der Waals surface area contributed by atoms with Gasteiger partial charge in [0.1, 0.15) is 0 Å². The summed E-state index contributed by atoms with van der Waals surface area (Å²) in [6.07, 6.45) is 1.89. The van der Waals surface area contributed by atoms with Gasteiger partial charge in [-0.3, -0.25) is 4.98 Å². The van der Waals surface area contributed by atoms with Crippen molar-refractivity contribution in [3.63, 3.8) is 0 Å². The molecule has 1 aliphatic heterocycles. The highest BCUT2D eigenvalue weighted by molar-refractivity contribution is 7.99. The summed E-state index contributed by atoms with van der Waals surface area (Å²) in [6, 6.07) is 71.3. The third-order valence-electron chi connectivity index (χ3n) is 12.0. The van der Waals surface area contributed by atoms with Crippen LogP contribution >= 0.6 is 11.8 Å². The summed E-state index contributed by atoms with van der Waals surface area (Å²) in [5.41, 5.74) is 15.0. The van der Waals surface area contributed by atoms with E-state index >= 15 is 0 Å². The minimum atomic E-state index is -0.602. The van der Waals surface area contributed by atoms with E-state index in [1.807, 2.05) is 48.3 Å². The molecule has 280 valence electrons. The smallest absolute Gasteiger partial charge is 0.164 e. The summed E-state index contributed by atoms with van der Waals surface area (Å²) in [4.78, 5) is 23.5. The van der Waals surface area contributed by atoms with Crippen molar-refractivity contribution in [2.75, 3.05) is 0 Å². The predicted molar refractivity (Wildman–Crippen MR) is 244 cm³/mol. The first-order chi connectivity index (χ1) is 29.8. The molecule has 0 unspecified atom stereocenters. The zero-order valence-corrected chi connectivity index (χ0v) is 33.1. The van der Waals surface area contributed by atoms with Crippen molar-refractivity contribution in [1.29, 1.82) is 0 Å². The Morgan fingerprint density at radius 1 is 0.350 bits per heavy atom. The molecule has 0 saturated carbocycles. The van der Waals surface area contributed by atoms with Crippen molar-refractivity contribution in [3.05, 3.63) is 229 Å². The maximum absolute atomic E-state index is 5.42. The molecule has 0 bridgehead atoms. The maximum atomic E-state index is 5.42. The van der Waals surface area contributed by atoms with E-state index in [9.17, 15) is 0 Å². The zero-order valence-electron chi connectivity index (χ0n) is 32.3. The molecule has 1 spiro atoms. The van der Waals surface area contributed by atoms with Crippen LogP contribution in [-0.2, 0) is 5.41 Å². The Bertz CT molecular complexity index is 3260. The molecule has 8 aromatic carbocycles. The number of para-hydroxylation sites is 1. The average Bonchev–Trinajstić information content (AvgIpc) is 3.63. The molecule has 0 radical (unpaired) electrons. The lowest BCUT2D eigenvalue weighted by Crippen LogP contribution is -2.31. The molecule has 0 saturated heterocycles. The highest BCUT2D eigenvalue weighted by atomic mass is 32.2. The number of pyridine rings is 1. The molecule has 4 nitrogen and oxygen atoms in total. The van der Waals surface area contributed by atoms with Crippen LogP contribution in [0.3, 0.4) is 0 Å². The summed E-state index contributed by atoms with van der Waals surface area (Å²) >= 11 is 1.85. The lowest BCUT2D eigenvalue weighted by atomic mass is 9.67. The fourth-order valence-electron chi connectivity index (χ4n) is 9.53. The highest BCUT2D eigenvalue weighted by Gasteiger charge is 2.51. The number of aromatic nitrogens is 4. The summed E-state index contributed by atoms with van der Waals surface area (Å²) in [5.74, 6) is 1.88. The monoisotopic (exact) mass is 782 g/mol. The van der Waals surface area contributed by atoms with Gasteiger partial charge < -0.3 is 0 Å². The van der Waals surface area contributed by atoms with Gasteiger partial charge in [0.2, 0.25) is 0 Å². The van der Waals surface area contributed by atoms with Crippen LogP contribution in [0.5, 0.6) is 0 Å². The van der Waals surface area contributed by atoms with E-state index in [0.29, 0.717) is 17.5 Å². The van der Waals surface area contributed by atoms with Gasteiger partial charge in [-0.15, -0.1) is 0 Å². The molecule has 0 N–H and O–H groups in total. The van der Waals surface area contributed by atoms with Gasteiger partial charge in [0.15, 0.2) is 17.5 Å². The predicted octanol–water partition coefficient (Wildman–Crippen LogP) is 13.6. The van der Waals surface area contributed by atoms with E-state index in [1.54, 1.807) is 0 Å². The first-order valence-corrected chi connectivity index (χ1v) is 21.0. The Hall–Kier alpha value is -7.47. The molecular formula is C55H34N4S. The van der Waals surface area contributed by atoms with Gasteiger partial charge in [-0.05, 0) is 74.3 Å². The van der Waals surface area contributed by atoms with E-state index in [1.165, 1.54) is 37.6 Å². The number of benzene rings is 8. The van der Waals surface area contributed by atoms with Gasteiger partial charge >= 0.3 is 0 Å². The molecular weight excluding hydrogens is 749 g/mol. The number of fused-ring (bicyclic) bond motifs is 10. The largest absolute Gasteiger partial charge is 0.256 e. The van der Waals surface area contributed by atoms with Crippen molar-refractivity contribution in [3.8, 4) is 67.5 Å². The van der Waals surface area contributed by atoms with Gasteiger partial charge in [0.05, 0.1) is 10.9 Å². The molecule has 0 amide bonds. The van der Waals surface area contributed by atoms with Crippen molar-refractivity contribution in [1.82, 2.24) is 19.9 Å². The van der Waals surface area contributed by atoms with Crippen LogP contribution < -0.4 is 0 Å². The lowest BCUT2D eigenvalue weighted by Gasteiger charge is -2.39. The molecule has 60 heavy (non-hydrogen) atoms. The quantitative estimate of drug-likeness (QED) is 0.174. The van der Waals surface area contributed by atoms with Crippen molar-refractivity contribution < 1.29 is 0 Å². The Kier molecular flexibility index (Phi) is 7.97. The molecule has 1 aliphatic carbocycles. The first kappa shape index (κ1) is 34.6. The molecule has 3 heterocycles. The zero-order chi connectivity index (χ0) is 39.6. The van der Waals surface area contributed by atoms with E-state index < -0.39 is 5.41 Å². The molecule has 10 aromatic rings. The number of hydrogen-bond acceptors (Lipinski definition) is 5. The molecule has 0 atom stereocenters. The molecule has 12 rings (SSSR count). The van der Waals surface area contributed by atoms with Crippen LogP contribution in [0.1, 0.15) is 22.3 Å². The summed E-state index contributed by atoms with van der Waals surface area (Å²) in [7, 11) is 0. The maximum Gasteiger partial charge on any atom is 0.164 e. The van der Waals surface area contributed by atoms with Crippen LogP contribution in [-0.4, -0.2) is 19.9 Å². The summed E-state index contributed by atoms with van der Waals surface area (Å²) in [6.45, 7) is 0. The SMILES string of the molecule is c1ccc(-c2cccc(-c3nc(-c4ccccc4)nc(-c4cccc5c4-c4c(-c6cccc7cccnc67)cccc4C54c5ccccc5Sc5ccccc54)n3)c2)cc1. The third kappa shape index (κ3) is 5.26. The van der Waals surface area contributed by atoms with Gasteiger partial charge in [0.25, 0.3) is 0 Å². The Balaban J connectivity index is 1.19. The number of hydrogen-bond donors (Lipinski definition) is 0. The van der Waals surface area contributed by atoms with E-state index in [-0.39, 0.29) is 0 Å². The summed E-state index contributed by atoms with van der Waals surface area (Å²) in [5, 5.41) is 1.10. The molecule has 5 heteroatoms. The highest BCUT2D eigenvalue weighted by Crippen LogP contribution is 2.64. The molecule has 2 aliphatic rings.